The first-order chi connectivity index (χ1) is 12.8. The smallest absolute Gasteiger partial charge is 0.303 e. The van der Waals surface area contributed by atoms with Gasteiger partial charge in [0.15, 0.2) is 0 Å². The molecule has 158 valence electrons. The predicted octanol–water partition coefficient (Wildman–Crippen LogP) is -1.49. The lowest BCUT2D eigenvalue weighted by Gasteiger charge is -2.35. The van der Waals surface area contributed by atoms with Gasteiger partial charge in [-0.15, -0.1) is 22.4 Å². The highest BCUT2D eigenvalue weighted by Crippen LogP contribution is 2.26. The summed E-state index contributed by atoms with van der Waals surface area (Å²) in [6.45, 7) is -0.805. The number of nitrogens with one attached hydrogen (secondary N) is 1. The van der Waals surface area contributed by atoms with Crippen LogP contribution in [0.4, 0.5) is 0 Å². The van der Waals surface area contributed by atoms with Gasteiger partial charge in [0.1, 0.15) is 5.54 Å². The number of carboxylic acids is 1. The molecule has 0 aliphatic carbocycles. The fourth-order valence-electron chi connectivity index (χ4n) is 2.12. The maximum absolute atomic E-state index is 12.7. The summed E-state index contributed by atoms with van der Waals surface area (Å²) in [5.41, 5.74) is -1.18. The molecule has 2 unspecified atom stereocenters. The second-order valence-corrected chi connectivity index (χ2v) is 9.26. The number of carbonyl (C=O) groups is 2. The Morgan fingerprint density at radius 3 is 1.70 bits per heavy atom. The second-order valence-electron chi connectivity index (χ2n) is 5.75. The second kappa shape index (κ2) is 15.8. The Bertz CT molecular complexity index is 407. The molecule has 0 aromatic rings. The van der Waals surface area contributed by atoms with Crippen LogP contribution in [0.5, 0.6) is 0 Å². The standard InChI is InChI=1S/C14H28BINO9P/c16-15(27)11(7-12(21)22)13(23)17-14(8-24-4-1-18,9-25-5-2-19)10-26-6-3-20/h11,18-20H,1-10,27H2,(H,17,23)(H,21,22). The fourth-order valence-corrected chi connectivity index (χ4v) is 3.01. The molecule has 0 spiro atoms. The van der Waals surface area contributed by atoms with Crippen LogP contribution in [0, 0.1) is 0 Å². The Labute approximate surface area is 174 Å². The summed E-state index contributed by atoms with van der Waals surface area (Å²) in [4.78, 5) is 23.8. The number of aliphatic carboxylic acids is 1. The first-order valence-corrected chi connectivity index (χ1v) is 10.2. The van der Waals surface area contributed by atoms with E-state index in [2.05, 4.69) is 14.4 Å². The molecule has 0 saturated carbocycles. The molecule has 10 nitrogen and oxygen atoms in total. The lowest BCUT2D eigenvalue weighted by Crippen LogP contribution is -2.60. The van der Waals surface area contributed by atoms with Crippen molar-refractivity contribution in [1.29, 1.82) is 0 Å². The van der Waals surface area contributed by atoms with E-state index in [0.29, 0.717) is 0 Å². The van der Waals surface area contributed by atoms with Gasteiger partial charge in [0, 0.05) is 5.82 Å². The molecule has 5 N–H and O–H groups in total. The summed E-state index contributed by atoms with van der Waals surface area (Å²) in [7, 11) is 2.41. The zero-order chi connectivity index (χ0) is 20.7. The van der Waals surface area contributed by atoms with Crippen LogP contribution in [-0.2, 0) is 23.8 Å². The minimum absolute atomic E-state index is 0.0225. The molecule has 0 fully saturated rings. The van der Waals surface area contributed by atoms with Gasteiger partial charge in [-0.2, -0.15) is 9.12 Å². The lowest BCUT2D eigenvalue weighted by molar-refractivity contribution is -0.139. The van der Waals surface area contributed by atoms with E-state index >= 15 is 0 Å². The Kier molecular flexibility index (Phi) is 15.8. The molecule has 0 aliphatic heterocycles. The fraction of sp³-hybridized carbons (Fsp3) is 0.857. The lowest BCUT2D eigenvalue weighted by atomic mass is 9.81. The zero-order valence-corrected chi connectivity index (χ0v) is 18.3. The van der Waals surface area contributed by atoms with Gasteiger partial charge in [-0.05, 0) is 0 Å². The van der Waals surface area contributed by atoms with E-state index in [0.717, 1.165) is 0 Å². The molecule has 0 heterocycles. The van der Waals surface area contributed by atoms with Crippen LogP contribution in [0.15, 0.2) is 0 Å². The molecule has 0 bridgehead atoms. The van der Waals surface area contributed by atoms with Crippen LogP contribution in [0.1, 0.15) is 6.42 Å². The van der Waals surface area contributed by atoms with Crippen LogP contribution < -0.4 is 5.32 Å². The number of halogens is 1. The number of ether oxygens (including phenoxy) is 3. The predicted molar refractivity (Wildman–Crippen MR) is 110 cm³/mol. The summed E-state index contributed by atoms with van der Waals surface area (Å²) in [6.07, 6.45) is -0.356. The number of aliphatic hydroxyl groups is 3. The maximum atomic E-state index is 12.7. The van der Waals surface area contributed by atoms with Crippen molar-refractivity contribution in [3.05, 3.63) is 0 Å². The number of hydrogen-bond acceptors (Lipinski definition) is 8. The third-order valence-corrected chi connectivity index (χ3v) is 4.68. The average molecular weight is 523 g/mol. The van der Waals surface area contributed by atoms with Crippen molar-refractivity contribution in [2.24, 2.45) is 0 Å². The largest absolute Gasteiger partial charge is 0.481 e. The topological polar surface area (TPSA) is 155 Å². The van der Waals surface area contributed by atoms with Crippen LogP contribution in [0.3, 0.4) is 0 Å². The van der Waals surface area contributed by atoms with Crippen molar-refractivity contribution < 1.29 is 44.2 Å². The molecule has 2 atom stereocenters. The van der Waals surface area contributed by atoms with E-state index in [1.807, 2.05) is 22.4 Å². The quantitative estimate of drug-likeness (QED) is 0.0665. The summed E-state index contributed by atoms with van der Waals surface area (Å²) in [5, 5.41) is 38.6. The normalized spacial score (nSPS) is 12.6. The van der Waals surface area contributed by atoms with Gasteiger partial charge in [0.05, 0.1) is 65.9 Å². The van der Waals surface area contributed by atoms with Crippen LogP contribution in [-0.4, -0.2) is 102 Å². The molecule has 27 heavy (non-hydrogen) atoms. The maximum Gasteiger partial charge on any atom is 0.303 e. The number of rotatable bonds is 17. The van der Waals surface area contributed by atoms with E-state index in [-0.39, 0.29) is 70.2 Å². The Morgan fingerprint density at radius 1 is 1.00 bits per heavy atom. The summed E-state index contributed by atoms with van der Waals surface area (Å²) in [5.74, 6) is -2.44. The molecular weight excluding hydrogens is 495 g/mol. The van der Waals surface area contributed by atoms with Gasteiger partial charge in [-0.25, -0.2) is 0 Å². The van der Waals surface area contributed by atoms with Crippen molar-refractivity contribution in [3.63, 3.8) is 0 Å². The molecule has 0 aromatic heterocycles. The van der Waals surface area contributed by atoms with Crippen molar-refractivity contribution in [2.75, 3.05) is 59.5 Å². The number of hydrogen-bond donors (Lipinski definition) is 5. The van der Waals surface area contributed by atoms with Gasteiger partial charge in [-0.1, -0.05) is 0 Å². The highest BCUT2D eigenvalue weighted by Gasteiger charge is 2.38. The Morgan fingerprint density at radius 2 is 1.41 bits per heavy atom. The van der Waals surface area contributed by atoms with E-state index < -0.39 is 23.2 Å². The molecule has 13 heteroatoms. The first-order valence-electron chi connectivity index (χ1n) is 8.31. The molecule has 0 radical (unpaired) electrons. The Balaban J connectivity index is 5.36. The number of aliphatic hydroxyl groups excluding tert-OH is 3. The molecule has 0 saturated heterocycles. The number of carbonyl (C=O) groups excluding carboxylic acids is 1. The summed E-state index contributed by atoms with van der Waals surface area (Å²) in [6, 6.07) is 0. The van der Waals surface area contributed by atoms with E-state index in [9.17, 15) is 9.59 Å². The van der Waals surface area contributed by atoms with Crippen molar-refractivity contribution in [2.45, 2.75) is 17.8 Å². The van der Waals surface area contributed by atoms with Crippen LogP contribution in [0.25, 0.3) is 0 Å². The highest BCUT2D eigenvalue weighted by atomic mass is 127. The highest BCUT2D eigenvalue weighted by molar-refractivity contribution is 14.1. The summed E-state index contributed by atoms with van der Waals surface area (Å²) < 4.78 is 15.7. The van der Waals surface area contributed by atoms with Crippen LogP contribution in [0.2, 0.25) is 5.82 Å². The third-order valence-electron chi connectivity index (χ3n) is 3.35. The molecule has 0 aromatic carbocycles. The minimum atomic E-state index is -1.18. The van der Waals surface area contributed by atoms with Gasteiger partial charge >= 0.3 is 5.97 Å². The molecular formula is C14H28BINO9P. The van der Waals surface area contributed by atoms with Gasteiger partial charge < -0.3 is 40.0 Å². The summed E-state index contributed by atoms with van der Waals surface area (Å²) >= 11 is 1.95. The third kappa shape index (κ3) is 12.2. The monoisotopic (exact) mass is 523 g/mol. The van der Waals surface area contributed by atoms with Crippen molar-refractivity contribution in [1.82, 2.24) is 5.32 Å². The van der Waals surface area contributed by atoms with Gasteiger partial charge in [0.2, 0.25) is 5.91 Å². The zero-order valence-electron chi connectivity index (χ0n) is 15.0. The van der Waals surface area contributed by atoms with E-state index in [1.165, 1.54) is 0 Å². The number of carboxylic acid groups (broad SMARTS) is 1. The van der Waals surface area contributed by atoms with E-state index in [4.69, 9.17) is 34.6 Å². The Hall–Kier alpha value is -0.0751. The van der Waals surface area contributed by atoms with E-state index in [1.54, 1.807) is 0 Å². The van der Waals surface area contributed by atoms with Gasteiger partial charge in [-0.3, -0.25) is 9.59 Å². The van der Waals surface area contributed by atoms with Crippen LogP contribution >= 0.6 is 31.5 Å². The first kappa shape index (κ1) is 26.9. The molecule has 1 amide bonds. The number of amides is 1. The minimum Gasteiger partial charge on any atom is -0.481 e. The average Bonchev–Trinajstić information content (AvgIpc) is 2.60. The SMILES string of the molecule is O=C(O)CC(B(P)I)C(=O)NC(COCCO)(COCCO)COCCO. The molecule has 0 aliphatic rings. The van der Waals surface area contributed by atoms with Gasteiger partial charge in [0.25, 0.3) is 4.29 Å². The van der Waals surface area contributed by atoms with Crippen molar-refractivity contribution >= 4 is 47.7 Å². The van der Waals surface area contributed by atoms with Crippen molar-refractivity contribution in [3.8, 4) is 0 Å². The molecule has 0 rings (SSSR count).